The van der Waals surface area contributed by atoms with Crippen LogP contribution >= 0.6 is 12.6 Å². The number of nitrogens with one attached hydrogen (secondary N) is 1. The van der Waals surface area contributed by atoms with Crippen molar-refractivity contribution in [2.45, 2.75) is 26.8 Å². The summed E-state index contributed by atoms with van der Waals surface area (Å²) in [6, 6.07) is -0.316. The number of ether oxygens (including phenoxy) is 2. The minimum absolute atomic E-state index is 0.00114. The normalized spacial score (nSPS) is 14.1. The topological polar surface area (TPSA) is 90.7 Å². The van der Waals surface area contributed by atoms with Gasteiger partial charge in [-0.05, 0) is 0 Å². The third kappa shape index (κ3) is 9.53. The van der Waals surface area contributed by atoms with Crippen LogP contribution in [0.1, 0.15) is 20.8 Å². The molecule has 7 heteroatoms. The van der Waals surface area contributed by atoms with Crippen LogP contribution in [0.5, 0.6) is 0 Å². The van der Waals surface area contributed by atoms with E-state index in [-0.39, 0.29) is 36.1 Å². The van der Waals surface area contributed by atoms with Crippen molar-refractivity contribution in [1.82, 2.24) is 5.32 Å². The Morgan fingerprint density at radius 3 is 2.32 bits per heavy atom. The first kappa shape index (κ1) is 21.5. The van der Waals surface area contributed by atoms with Crippen molar-refractivity contribution in [2.75, 3.05) is 45.3 Å². The summed E-state index contributed by atoms with van der Waals surface area (Å²) in [4.78, 5) is 23.8. The zero-order valence-electron chi connectivity index (χ0n) is 13.8. The lowest BCUT2D eigenvalue weighted by Crippen LogP contribution is -2.43. The summed E-state index contributed by atoms with van der Waals surface area (Å²) in [6.45, 7) is 7.80. The van der Waals surface area contributed by atoms with Crippen molar-refractivity contribution in [1.29, 1.82) is 0 Å². The number of ketones is 2. The van der Waals surface area contributed by atoms with Crippen LogP contribution < -0.4 is 11.1 Å². The van der Waals surface area contributed by atoms with Crippen LogP contribution in [-0.2, 0) is 19.1 Å². The monoisotopic (exact) mass is 334 g/mol. The number of nitrogens with two attached hydrogens (primary N) is 1. The van der Waals surface area contributed by atoms with Gasteiger partial charge in [-0.1, -0.05) is 20.8 Å². The molecule has 6 nitrogen and oxygen atoms in total. The summed E-state index contributed by atoms with van der Waals surface area (Å²) < 4.78 is 10.4. The highest BCUT2D eigenvalue weighted by molar-refractivity contribution is 7.80. The fourth-order valence-electron chi connectivity index (χ4n) is 1.71. The molecule has 0 aromatic heterocycles. The van der Waals surface area contributed by atoms with E-state index in [2.05, 4.69) is 17.9 Å². The first-order chi connectivity index (χ1) is 10.4. The van der Waals surface area contributed by atoms with Crippen molar-refractivity contribution < 1.29 is 19.1 Å². The quantitative estimate of drug-likeness (QED) is 0.313. The Kier molecular flexibility index (Phi) is 12.7. The van der Waals surface area contributed by atoms with Gasteiger partial charge in [0.05, 0.1) is 25.9 Å². The van der Waals surface area contributed by atoms with Crippen molar-refractivity contribution in [3.8, 4) is 0 Å². The lowest BCUT2D eigenvalue weighted by atomic mass is 10.0. The largest absolute Gasteiger partial charge is 0.378 e. The van der Waals surface area contributed by atoms with Crippen LogP contribution in [-0.4, -0.2) is 62.9 Å². The Morgan fingerprint density at radius 2 is 1.77 bits per heavy atom. The molecule has 0 bridgehead atoms. The number of carbonyl (C=O) groups excluding carboxylic acids is 2. The Balaban J connectivity index is 3.92. The van der Waals surface area contributed by atoms with Crippen molar-refractivity contribution in [3.05, 3.63) is 0 Å². The van der Waals surface area contributed by atoms with E-state index in [1.54, 1.807) is 0 Å². The molecular weight excluding hydrogens is 304 g/mol. The van der Waals surface area contributed by atoms with Gasteiger partial charge >= 0.3 is 0 Å². The fourth-order valence-corrected chi connectivity index (χ4v) is 2.02. The van der Waals surface area contributed by atoms with Crippen LogP contribution in [0.4, 0.5) is 0 Å². The van der Waals surface area contributed by atoms with E-state index in [1.807, 2.05) is 20.8 Å². The molecule has 0 spiro atoms. The molecule has 0 aliphatic carbocycles. The third-order valence-electron chi connectivity index (χ3n) is 3.19. The van der Waals surface area contributed by atoms with E-state index < -0.39 is 0 Å². The van der Waals surface area contributed by atoms with Crippen LogP contribution in [0.15, 0.2) is 0 Å². The second-order valence-corrected chi connectivity index (χ2v) is 5.89. The van der Waals surface area contributed by atoms with Gasteiger partial charge in [-0.15, -0.1) is 0 Å². The van der Waals surface area contributed by atoms with E-state index >= 15 is 0 Å². The molecule has 0 aliphatic heterocycles. The van der Waals surface area contributed by atoms with Gasteiger partial charge in [0.15, 0.2) is 11.6 Å². The molecular formula is C15H30N2O4S. The van der Waals surface area contributed by atoms with E-state index in [0.717, 1.165) is 0 Å². The standard InChI is InChI=1S/C15H30N2O4S/c1-11(2)15(19)13(10-22)17-8-12(3)14(18)9-21-7-6-20-5-4-16/h11-13,17,22H,4-10,16H2,1-3H3/t12?,13-/m0/s1. The van der Waals surface area contributed by atoms with E-state index in [4.69, 9.17) is 15.2 Å². The predicted octanol–water partition coefficient (Wildman–Crippen LogP) is 0.297. The maximum Gasteiger partial charge on any atom is 0.162 e. The first-order valence-electron chi connectivity index (χ1n) is 7.70. The van der Waals surface area contributed by atoms with Crippen LogP contribution in [0.25, 0.3) is 0 Å². The molecule has 0 radical (unpaired) electrons. The molecule has 130 valence electrons. The Hall–Kier alpha value is -0.470. The number of hydrogen-bond acceptors (Lipinski definition) is 7. The predicted molar refractivity (Wildman–Crippen MR) is 90.4 cm³/mol. The molecule has 3 N–H and O–H groups in total. The van der Waals surface area contributed by atoms with Gasteiger partial charge in [-0.25, -0.2) is 0 Å². The summed E-state index contributed by atoms with van der Waals surface area (Å²) in [7, 11) is 0. The first-order valence-corrected chi connectivity index (χ1v) is 8.33. The van der Waals surface area contributed by atoms with Crippen molar-refractivity contribution >= 4 is 24.2 Å². The third-order valence-corrected chi connectivity index (χ3v) is 3.56. The number of rotatable bonds is 14. The number of hydrogen-bond donors (Lipinski definition) is 3. The Morgan fingerprint density at radius 1 is 1.14 bits per heavy atom. The lowest BCUT2D eigenvalue weighted by Gasteiger charge is -2.19. The highest BCUT2D eigenvalue weighted by Crippen LogP contribution is 2.04. The second-order valence-electron chi connectivity index (χ2n) is 5.52. The molecule has 1 unspecified atom stereocenters. The van der Waals surface area contributed by atoms with Gasteiger partial charge in [0.2, 0.25) is 0 Å². The van der Waals surface area contributed by atoms with Crippen molar-refractivity contribution in [2.24, 2.45) is 17.6 Å². The van der Waals surface area contributed by atoms with E-state index in [1.165, 1.54) is 0 Å². The van der Waals surface area contributed by atoms with Gasteiger partial charge < -0.3 is 20.5 Å². The maximum atomic E-state index is 11.9. The number of Topliss-reactive ketones (excluding diaryl/α,β-unsaturated/α-hetero) is 2. The summed E-state index contributed by atoms with van der Waals surface area (Å²) in [5.41, 5.74) is 5.28. The van der Waals surface area contributed by atoms with Gasteiger partial charge in [0, 0.05) is 30.7 Å². The molecule has 0 fully saturated rings. The fraction of sp³-hybridized carbons (Fsp3) is 0.867. The summed E-state index contributed by atoms with van der Waals surface area (Å²) >= 11 is 4.18. The molecule has 22 heavy (non-hydrogen) atoms. The molecule has 0 amide bonds. The Labute approximate surface area is 138 Å². The van der Waals surface area contributed by atoms with Gasteiger partial charge in [-0.2, -0.15) is 12.6 Å². The van der Waals surface area contributed by atoms with E-state index in [9.17, 15) is 9.59 Å². The minimum atomic E-state index is -0.316. The zero-order chi connectivity index (χ0) is 17.0. The average molecular weight is 334 g/mol. The number of carbonyl (C=O) groups is 2. The van der Waals surface area contributed by atoms with Crippen LogP contribution in [0, 0.1) is 11.8 Å². The molecule has 0 aliphatic rings. The lowest BCUT2D eigenvalue weighted by molar-refractivity contribution is -0.128. The molecule has 0 heterocycles. The maximum absolute atomic E-state index is 11.9. The summed E-state index contributed by atoms with van der Waals surface area (Å²) in [6.07, 6.45) is 0. The zero-order valence-corrected chi connectivity index (χ0v) is 14.7. The molecule has 0 rings (SSSR count). The van der Waals surface area contributed by atoms with Gasteiger partial charge in [-0.3, -0.25) is 9.59 Å². The highest BCUT2D eigenvalue weighted by atomic mass is 32.1. The average Bonchev–Trinajstić information content (AvgIpc) is 2.50. The van der Waals surface area contributed by atoms with Gasteiger partial charge in [0.25, 0.3) is 0 Å². The summed E-state index contributed by atoms with van der Waals surface area (Å²) in [5.74, 6) is 0.274. The van der Waals surface area contributed by atoms with Crippen LogP contribution in [0.2, 0.25) is 0 Å². The number of thiol groups is 1. The van der Waals surface area contributed by atoms with Crippen LogP contribution in [0.3, 0.4) is 0 Å². The smallest absolute Gasteiger partial charge is 0.162 e. The molecule has 0 saturated heterocycles. The molecule has 0 saturated carbocycles. The SMILES string of the molecule is CC(C)C(=O)[C@H](CS)NCC(C)C(=O)COCCOCCN. The Bertz CT molecular complexity index is 327. The summed E-state index contributed by atoms with van der Waals surface area (Å²) in [5, 5.41) is 3.11. The van der Waals surface area contributed by atoms with E-state index in [0.29, 0.717) is 38.7 Å². The molecule has 0 aromatic carbocycles. The molecule has 0 aromatic rings. The molecule has 2 atom stereocenters. The van der Waals surface area contributed by atoms with Gasteiger partial charge in [0.1, 0.15) is 6.61 Å². The highest BCUT2D eigenvalue weighted by Gasteiger charge is 2.21. The minimum Gasteiger partial charge on any atom is -0.378 e. The van der Waals surface area contributed by atoms with Crippen molar-refractivity contribution in [3.63, 3.8) is 0 Å². The second kappa shape index (κ2) is 13.0.